The first-order chi connectivity index (χ1) is 43.6. The minimum absolute atomic E-state index is 0.359. The van der Waals surface area contributed by atoms with Crippen LogP contribution in [0.2, 0.25) is 0 Å². The molecule has 2 atom stereocenters. The predicted molar refractivity (Wildman–Crippen MR) is 399 cm³/mol. The second kappa shape index (κ2) is 67.2. The second-order valence-electron chi connectivity index (χ2n) is 31.0. The molecule has 0 aromatic carbocycles. The Labute approximate surface area is 563 Å². The SMILES string of the molecule is CC(=CCCCNCCCC(C)CC(C)(C)CCNCCCCCCCCCCCCCCCCCCCCCCCCCCCCCCCCCCCCCCCCCCCCCCNCCCC(C)CC(C)(C)CCNCCCC=C(C)C(=O)O)C(=O)O. The summed E-state index contributed by atoms with van der Waals surface area (Å²) < 4.78 is 0. The van der Waals surface area contributed by atoms with Gasteiger partial charge in [-0.15, -0.1) is 0 Å². The van der Waals surface area contributed by atoms with Gasteiger partial charge in [-0.2, -0.15) is 0 Å². The van der Waals surface area contributed by atoms with Gasteiger partial charge in [-0.1, -0.05) is 323 Å². The first-order valence-corrected chi connectivity index (χ1v) is 40.3. The quantitative estimate of drug-likeness (QED) is 0.0263. The fourth-order valence-electron chi connectivity index (χ4n) is 14.0. The lowest BCUT2D eigenvalue weighted by Crippen LogP contribution is -2.25. The Balaban J connectivity index is 3.27. The predicted octanol–water partition coefficient (Wildman–Crippen LogP) is 24.6. The number of allylic oxidation sites excluding steroid dienone is 2. The molecule has 534 valence electrons. The highest BCUT2D eigenvalue weighted by molar-refractivity contribution is 5.86. The van der Waals surface area contributed by atoms with Gasteiger partial charge < -0.3 is 31.5 Å². The Morgan fingerprint density at radius 3 is 0.678 bits per heavy atom. The van der Waals surface area contributed by atoms with Crippen LogP contribution in [0.5, 0.6) is 0 Å². The number of carboxylic acid groups (broad SMARTS) is 2. The molecule has 0 bridgehead atoms. The van der Waals surface area contributed by atoms with Gasteiger partial charge >= 0.3 is 11.9 Å². The fourth-order valence-corrected chi connectivity index (χ4v) is 14.0. The van der Waals surface area contributed by atoms with E-state index in [4.69, 9.17) is 10.2 Å². The normalized spacial score (nSPS) is 13.2. The largest absolute Gasteiger partial charge is 0.478 e. The van der Waals surface area contributed by atoms with Crippen LogP contribution in [0.3, 0.4) is 0 Å². The van der Waals surface area contributed by atoms with Crippen molar-refractivity contribution in [1.29, 1.82) is 0 Å². The maximum Gasteiger partial charge on any atom is 0.330 e. The molecule has 0 amide bonds. The molecule has 0 spiro atoms. The molecule has 0 aliphatic carbocycles. The standard InChI is InChI=1S/C82H162N4O4/c1-75(74-82(7,8)64-72-86-68-56-52-62-78(4)80(89)90)59-57-69-83-65-53-49-47-45-43-41-39-37-35-33-31-29-27-25-23-21-19-17-15-13-11-9-10-12-14-16-18-20-22-24-26-28-30-32-34-36-38-40-42-44-46-48-50-54-66-85-71-63-81(5,6)73-76(2)60-58-70-84-67-55-51-61-77(3)79(87)88/h61-62,75-76,83-86H,9-60,63-74H2,1-8H3,(H,87,88)(H,89,90). The molecule has 0 aliphatic heterocycles. The van der Waals surface area contributed by atoms with Gasteiger partial charge in [-0.25, -0.2) is 9.59 Å². The average molecular weight is 1270 g/mol. The Morgan fingerprint density at radius 2 is 0.467 bits per heavy atom. The number of carboxylic acids is 2. The van der Waals surface area contributed by atoms with Crippen LogP contribution in [0.15, 0.2) is 23.3 Å². The highest BCUT2D eigenvalue weighted by Crippen LogP contribution is 2.32. The van der Waals surface area contributed by atoms with Crippen LogP contribution in [0.25, 0.3) is 0 Å². The first kappa shape index (κ1) is 88.3. The van der Waals surface area contributed by atoms with Gasteiger partial charge in [-0.05, 0) is 179 Å². The summed E-state index contributed by atoms with van der Waals surface area (Å²) in [4.78, 5) is 21.8. The molecule has 2 unspecified atom stereocenters. The number of rotatable bonds is 75. The first-order valence-electron chi connectivity index (χ1n) is 40.3. The lowest BCUT2D eigenvalue weighted by molar-refractivity contribution is -0.133. The molecule has 0 heterocycles. The van der Waals surface area contributed by atoms with Gasteiger partial charge in [0.05, 0.1) is 0 Å². The van der Waals surface area contributed by atoms with Crippen molar-refractivity contribution >= 4 is 11.9 Å². The summed E-state index contributed by atoms with van der Waals surface area (Å²) in [5, 5.41) is 32.4. The van der Waals surface area contributed by atoms with Crippen molar-refractivity contribution < 1.29 is 19.8 Å². The molecule has 0 aromatic rings. The molecule has 0 radical (unpaired) electrons. The molecule has 8 nitrogen and oxygen atoms in total. The van der Waals surface area contributed by atoms with Gasteiger partial charge in [0, 0.05) is 11.1 Å². The molecule has 90 heavy (non-hydrogen) atoms. The third-order valence-corrected chi connectivity index (χ3v) is 20.0. The summed E-state index contributed by atoms with van der Waals surface area (Å²) in [7, 11) is 0. The second-order valence-corrected chi connectivity index (χ2v) is 31.0. The van der Waals surface area contributed by atoms with E-state index in [9.17, 15) is 9.59 Å². The highest BCUT2D eigenvalue weighted by atomic mass is 16.4. The molecule has 0 rings (SSSR count). The van der Waals surface area contributed by atoms with Crippen LogP contribution < -0.4 is 21.3 Å². The van der Waals surface area contributed by atoms with Crippen LogP contribution in [-0.2, 0) is 9.59 Å². The zero-order chi connectivity index (χ0) is 66.0. The third-order valence-electron chi connectivity index (χ3n) is 20.0. The van der Waals surface area contributed by atoms with Crippen molar-refractivity contribution in [1.82, 2.24) is 21.3 Å². The van der Waals surface area contributed by atoms with Crippen molar-refractivity contribution in [2.24, 2.45) is 22.7 Å². The van der Waals surface area contributed by atoms with E-state index < -0.39 is 11.9 Å². The lowest BCUT2D eigenvalue weighted by Gasteiger charge is -2.28. The van der Waals surface area contributed by atoms with Crippen LogP contribution in [0, 0.1) is 22.7 Å². The smallest absolute Gasteiger partial charge is 0.330 e. The van der Waals surface area contributed by atoms with Crippen molar-refractivity contribution in [3.8, 4) is 0 Å². The van der Waals surface area contributed by atoms with Gasteiger partial charge in [0.2, 0.25) is 0 Å². The Bertz CT molecular complexity index is 1580. The molecule has 8 heteroatoms. The molecule has 0 saturated heterocycles. The number of unbranched alkanes of at least 4 members (excludes halogenated alkanes) is 45. The van der Waals surface area contributed by atoms with E-state index in [-0.39, 0.29) is 0 Å². The van der Waals surface area contributed by atoms with E-state index in [1.54, 1.807) is 13.8 Å². The van der Waals surface area contributed by atoms with E-state index in [0.717, 1.165) is 76.8 Å². The molecule has 0 saturated carbocycles. The van der Waals surface area contributed by atoms with Crippen LogP contribution in [-0.4, -0.2) is 74.5 Å². The highest BCUT2D eigenvalue weighted by Gasteiger charge is 2.22. The average Bonchev–Trinajstić information content (AvgIpc) is 3.69. The summed E-state index contributed by atoms with van der Waals surface area (Å²) in [5.41, 5.74) is 1.66. The number of carbonyl (C=O) groups is 2. The van der Waals surface area contributed by atoms with E-state index >= 15 is 0 Å². The van der Waals surface area contributed by atoms with Crippen molar-refractivity contribution in [3.05, 3.63) is 23.3 Å². The number of aliphatic carboxylic acids is 2. The maximum absolute atomic E-state index is 10.9. The molecular weight excluding hydrogens is 1100 g/mol. The summed E-state index contributed by atoms with van der Waals surface area (Å²) in [6, 6.07) is 0. The van der Waals surface area contributed by atoms with E-state index in [0.29, 0.717) is 22.0 Å². The third kappa shape index (κ3) is 69.1. The van der Waals surface area contributed by atoms with Gasteiger partial charge in [0.1, 0.15) is 0 Å². The lowest BCUT2D eigenvalue weighted by atomic mass is 9.79. The molecule has 0 aromatic heterocycles. The summed E-state index contributed by atoms with van der Waals surface area (Å²) in [6.45, 7) is 26.6. The van der Waals surface area contributed by atoms with Crippen molar-refractivity contribution in [2.75, 3.05) is 52.4 Å². The van der Waals surface area contributed by atoms with Gasteiger partial charge in [0.15, 0.2) is 0 Å². The fraction of sp³-hybridized carbons (Fsp3) is 0.927. The molecule has 0 aliphatic rings. The van der Waals surface area contributed by atoms with Crippen LogP contribution in [0.1, 0.15) is 415 Å². The van der Waals surface area contributed by atoms with Gasteiger partial charge in [-0.3, -0.25) is 0 Å². The maximum atomic E-state index is 10.9. The van der Waals surface area contributed by atoms with Crippen molar-refractivity contribution in [3.63, 3.8) is 0 Å². The van der Waals surface area contributed by atoms with Crippen LogP contribution in [0.4, 0.5) is 0 Å². The topological polar surface area (TPSA) is 123 Å². The molecule has 0 fully saturated rings. The Hall–Kier alpha value is -1.74. The molecule has 6 N–H and O–H groups in total. The minimum Gasteiger partial charge on any atom is -0.478 e. The van der Waals surface area contributed by atoms with Gasteiger partial charge in [0.25, 0.3) is 0 Å². The van der Waals surface area contributed by atoms with E-state index in [2.05, 4.69) is 62.8 Å². The number of hydrogen-bond donors (Lipinski definition) is 6. The minimum atomic E-state index is -0.809. The van der Waals surface area contributed by atoms with E-state index in [1.165, 1.54) is 347 Å². The van der Waals surface area contributed by atoms with Crippen molar-refractivity contribution in [2.45, 2.75) is 415 Å². The summed E-state index contributed by atoms with van der Waals surface area (Å²) in [5.74, 6) is -0.0954. The van der Waals surface area contributed by atoms with Crippen LogP contribution >= 0.6 is 0 Å². The summed E-state index contributed by atoms with van der Waals surface area (Å²) in [6.07, 6.45) is 81.5. The van der Waals surface area contributed by atoms with E-state index in [1.807, 2.05) is 12.2 Å². The number of hydrogen-bond acceptors (Lipinski definition) is 6. The Morgan fingerprint density at radius 1 is 0.289 bits per heavy atom. The monoisotopic (exact) mass is 1270 g/mol. The summed E-state index contributed by atoms with van der Waals surface area (Å²) >= 11 is 0. The Kier molecular flexibility index (Phi) is 65.9. The zero-order valence-corrected chi connectivity index (χ0v) is 62.3. The zero-order valence-electron chi connectivity index (χ0n) is 62.3. The molecular formula is C82H162N4O4. The number of nitrogens with one attached hydrogen (secondary N) is 4.